The van der Waals surface area contributed by atoms with Crippen LogP contribution >= 0.6 is 0 Å². The highest BCUT2D eigenvalue weighted by molar-refractivity contribution is 6.26. The summed E-state index contributed by atoms with van der Waals surface area (Å²) < 4.78 is 41.1. The van der Waals surface area contributed by atoms with Gasteiger partial charge in [0.1, 0.15) is 11.6 Å². The van der Waals surface area contributed by atoms with E-state index in [1.165, 1.54) is 12.1 Å². The number of nitriles is 1. The van der Waals surface area contributed by atoms with Gasteiger partial charge in [-0.15, -0.1) is 0 Å². The van der Waals surface area contributed by atoms with Crippen LogP contribution in [-0.4, -0.2) is 18.3 Å². The van der Waals surface area contributed by atoms with Crippen LogP contribution in [0, 0.1) is 23.0 Å². The van der Waals surface area contributed by atoms with Gasteiger partial charge in [-0.3, -0.25) is 0 Å². The Hall–Kier alpha value is -9.25. The molecule has 0 spiro atoms. The lowest BCUT2D eigenvalue weighted by molar-refractivity contribution is 0.584. The molecule has 0 aliphatic heterocycles. The molecule has 0 bridgehead atoms. The lowest BCUT2D eigenvalue weighted by atomic mass is 9.97. The monoisotopic (exact) mass is 875 g/mol. The third-order valence-electron chi connectivity index (χ3n) is 13.8. The van der Waals surface area contributed by atoms with Crippen LogP contribution in [0.1, 0.15) is 5.56 Å². The molecule has 14 aromatic rings. The summed E-state index contributed by atoms with van der Waals surface area (Å²) in [6, 6.07) is 72.9. The molecule has 0 radical (unpaired) electrons. The average molecular weight is 876 g/mol. The standard InChI is InChI=1S/C61H35F2N5/c62-39-33-38(34-40(63)35-39)57-55(67-53-25-13-9-21-45(53)49-29-27-47-43-19-7-11-23-51(43)65(58(47)60(49)67)41-15-3-1-4-16-41)31-37(36-64)32-56(57)68-54-26-14-10-22-46(54)50-30-28-48-44-20-8-12-24-52(44)66(59(48)61(50)68)42-17-5-2-6-18-42/h1-35H. The summed E-state index contributed by atoms with van der Waals surface area (Å²) in [6.07, 6.45) is 0. The van der Waals surface area contributed by atoms with E-state index in [1.807, 2.05) is 72.8 Å². The Morgan fingerprint density at radius 3 is 1.01 bits per heavy atom. The Labute approximate surface area is 387 Å². The average Bonchev–Trinajstić information content (AvgIpc) is 4.11. The molecule has 318 valence electrons. The fourth-order valence-corrected chi connectivity index (χ4v) is 11.2. The van der Waals surface area contributed by atoms with E-state index in [9.17, 15) is 5.26 Å². The second kappa shape index (κ2) is 14.4. The molecule has 4 aromatic heterocycles. The minimum absolute atomic E-state index is 0.334. The third-order valence-corrected chi connectivity index (χ3v) is 13.8. The highest BCUT2D eigenvalue weighted by atomic mass is 19.1. The zero-order chi connectivity index (χ0) is 45.2. The summed E-state index contributed by atoms with van der Waals surface area (Å²) in [5, 5.41) is 19.5. The van der Waals surface area contributed by atoms with E-state index in [2.05, 4.69) is 146 Å². The van der Waals surface area contributed by atoms with Gasteiger partial charge in [0.15, 0.2) is 0 Å². The zero-order valence-corrected chi connectivity index (χ0v) is 36.2. The van der Waals surface area contributed by atoms with Crippen molar-refractivity contribution in [2.45, 2.75) is 0 Å². The summed E-state index contributed by atoms with van der Waals surface area (Å²) in [4.78, 5) is 0. The highest BCUT2D eigenvalue weighted by Crippen LogP contribution is 2.48. The maximum Gasteiger partial charge on any atom is 0.126 e. The van der Waals surface area contributed by atoms with Crippen molar-refractivity contribution < 1.29 is 8.78 Å². The first-order valence-corrected chi connectivity index (χ1v) is 22.6. The van der Waals surface area contributed by atoms with Crippen LogP contribution in [0.2, 0.25) is 0 Å². The first-order chi connectivity index (χ1) is 33.6. The van der Waals surface area contributed by atoms with E-state index in [1.54, 1.807) is 0 Å². The van der Waals surface area contributed by atoms with Crippen LogP contribution in [0.3, 0.4) is 0 Å². The minimum atomic E-state index is -0.705. The molecule has 0 aliphatic carbocycles. The van der Waals surface area contributed by atoms with Crippen LogP contribution in [0.5, 0.6) is 0 Å². The molecule has 7 heteroatoms. The number of benzene rings is 10. The molecule has 0 saturated heterocycles. The smallest absolute Gasteiger partial charge is 0.126 e. The second-order valence-electron chi connectivity index (χ2n) is 17.5. The van der Waals surface area contributed by atoms with E-state index in [0.29, 0.717) is 28.1 Å². The second-order valence-corrected chi connectivity index (χ2v) is 17.5. The summed E-state index contributed by atoms with van der Waals surface area (Å²) >= 11 is 0. The van der Waals surface area contributed by atoms with E-state index in [0.717, 1.165) is 105 Å². The third kappa shape index (κ3) is 5.28. The van der Waals surface area contributed by atoms with Gasteiger partial charge in [0.05, 0.1) is 67.1 Å². The molecule has 0 aliphatic rings. The van der Waals surface area contributed by atoms with Crippen molar-refractivity contribution in [2.75, 3.05) is 0 Å². The van der Waals surface area contributed by atoms with Crippen LogP contribution in [-0.2, 0) is 0 Å². The number of rotatable bonds is 5. The van der Waals surface area contributed by atoms with Crippen molar-refractivity contribution in [3.63, 3.8) is 0 Å². The zero-order valence-electron chi connectivity index (χ0n) is 36.2. The van der Waals surface area contributed by atoms with Gasteiger partial charge in [-0.25, -0.2) is 8.78 Å². The number of fused-ring (bicyclic) bond motifs is 14. The Morgan fingerprint density at radius 2 is 0.647 bits per heavy atom. The van der Waals surface area contributed by atoms with Gasteiger partial charge in [0.25, 0.3) is 0 Å². The number of hydrogen-bond acceptors (Lipinski definition) is 1. The van der Waals surface area contributed by atoms with E-state index in [-0.39, 0.29) is 0 Å². The van der Waals surface area contributed by atoms with Gasteiger partial charge >= 0.3 is 0 Å². The lowest BCUT2D eigenvalue weighted by Crippen LogP contribution is -2.07. The van der Waals surface area contributed by atoms with Gasteiger partial charge in [-0.1, -0.05) is 133 Å². The van der Waals surface area contributed by atoms with E-state index in [4.69, 9.17) is 0 Å². The number of halogens is 2. The Balaban J connectivity index is 1.23. The molecule has 0 amide bonds. The minimum Gasteiger partial charge on any atom is -0.307 e. The van der Waals surface area contributed by atoms with E-state index < -0.39 is 11.6 Å². The molecule has 0 fully saturated rings. The van der Waals surface area contributed by atoms with Crippen LogP contribution < -0.4 is 0 Å². The molecule has 4 heterocycles. The Kier molecular flexibility index (Phi) is 8.05. The topological polar surface area (TPSA) is 43.5 Å². The van der Waals surface area contributed by atoms with Crippen molar-refractivity contribution in [3.05, 3.63) is 230 Å². The molecule has 14 rings (SSSR count). The molecule has 0 unspecified atom stereocenters. The number of aromatic nitrogens is 4. The summed E-state index contributed by atoms with van der Waals surface area (Å²) in [5.41, 5.74) is 12.1. The molecule has 68 heavy (non-hydrogen) atoms. The predicted molar refractivity (Wildman–Crippen MR) is 274 cm³/mol. The van der Waals surface area contributed by atoms with Gasteiger partial charge < -0.3 is 18.3 Å². The molecule has 0 N–H and O–H groups in total. The largest absolute Gasteiger partial charge is 0.307 e. The highest BCUT2D eigenvalue weighted by Gasteiger charge is 2.28. The fourth-order valence-electron chi connectivity index (χ4n) is 11.2. The van der Waals surface area contributed by atoms with Gasteiger partial charge in [-0.05, 0) is 78.4 Å². The summed E-state index contributed by atoms with van der Waals surface area (Å²) in [7, 11) is 0. The van der Waals surface area contributed by atoms with Crippen LogP contribution in [0.15, 0.2) is 212 Å². The van der Waals surface area contributed by atoms with Gasteiger partial charge in [-0.2, -0.15) is 5.26 Å². The molecular formula is C61H35F2N5. The quantitative estimate of drug-likeness (QED) is 0.170. The summed E-state index contributed by atoms with van der Waals surface area (Å²) in [5.74, 6) is -1.41. The fraction of sp³-hybridized carbons (Fsp3) is 0. The summed E-state index contributed by atoms with van der Waals surface area (Å²) in [6.45, 7) is 0. The predicted octanol–water partition coefficient (Wildman–Crippen LogP) is 15.9. The van der Waals surface area contributed by atoms with Crippen LogP contribution in [0.4, 0.5) is 8.78 Å². The van der Waals surface area contributed by atoms with Crippen molar-refractivity contribution in [2.24, 2.45) is 0 Å². The normalized spacial score (nSPS) is 12.0. The van der Waals surface area contributed by atoms with Crippen molar-refractivity contribution in [1.82, 2.24) is 18.3 Å². The maximum atomic E-state index is 16.0. The molecule has 0 atom stereocenters. The molecular weight excluding hydrogens is 841 g/mol. The number of hydrogen-bond donors (Lipinski definition) is 0. The molecule has 5 nitrogen and oxygen atoms in total. The van der Waals surface area contributed by atoms with Crippen LogP contribution in [0.25, 0.3) is 121 Å². The first kappa shape index (κ1) is 38.1. The molecule has 10 aromatic carbocycles. The van der Waals surface area contributed by atoms with Crippen molar-refractivity contribution >= 4 is 87.2 Å². The van der Waals surface area contributed by atoms with E-state index >= 15 is 8.78 Å². The Morgan fingerprint density at radius 1 is 0.324 bits per heavy atom. The van der Waals surface area contributed by atoms with Crippen molar-refractivity contribution in [3.8, 4) is 39.9 Å². The van der Waals surface area contributed by atoms with Gasteiger partial charge in [0.2, 0.25) is 0 Å². The number of para-hydroxylation sites is 6. The Bertz CT molecular complexity index is 4200. The lowest BCUT2D eigenvalue weighted by Gasteiger charge is -2.22. The first-order valence-electron chi connectivity index (χ1n) is 22.6. The van der Waals surface area contributed by atoms with Crippen molar-refractivity contribution in [1.29, 1.82) is 5.26 Å². The number of nitrogens with zero attached hydrogens (tertiary/aromatic N) is 5. The molecule has 0 saturated carbocycles. The van der Waals surface area contributed by atoms with Gasteiger partial charge in [0, 0.05) is 66.1 Å². The maximum absolute atomic E-state index is 16.0. The SMILES string of the molecule is N#Cc1cc(-n2c3ccccc3c3ccc4c5ccccc5n(-c5ccccc5)c4c32)c(-c2cc(F)cc(F)c2)c(-n2c3ccccc3c3ccc4c5ccccc5n(-c5ccccc5)c4c32)c1.